The van der Waals surface area contributed by atoms with Crippen LogP contribution in [-0.2, 0) is 4.79 Å². The highest BCUT2D eigenvalue weighted by Gasteiger charge is 2.60. The molecule has 0 aromatic heterocycles. The maximum atomic E-state index is 11.9. The van der Waals surface area contributed by atoms with E-state index in [0.717, 1.165) is 38.0 Å². The van der Waals surface area contributed by atoms with Gasteiger partial charge in [0, 0.05) is 6.42 Å². The van der Waals surface area contributed by atoms with Crippen LogP contribution in [0.25, 0.3) is 0 Å². The number of ketones is 1. The van der Waals surface area contributed by atoms with Crippen molar-refractivity contribution in [3.05, 3.63) is 10.6 Å². The molecule has 0 aliphatic heterocycles. The molecule has 4 aliphatic carbocycles. The number of fused-ring (bicyclic) bond motifs is 5. The van der Waals surface area contributed by atoms with E-state index in [4.69, 9.17) is 11.6 Å². The zero-order valence-corrected chi connectivity index (χ0v) is 14.5. The first-order chi connectivity index (χ1) is 10.3. The molecule has 3 heteroatoms. The van der Waals surface area contributed by atoms with Crippen molar-refractivity contribution < 1.29 is 9.90 Å². The standard InChI is InChI=1S/C19H27ClO2/c1-18-9-7-12-11-5-6-16(21)17(20)14(11)4-3-13(12)15(18)8-10-19(18,2)22/h11-13,15,22H,3-10H2,1-2H3/t11-,12-,13-,15+,18+,19+/m1/s1. The number of carbonyl (C=O) groups is 1. The number of allylic oxidation sites excluding steroid dienone is 1. The molecule has 0 aromatic rings. The lowest BCUT2D eigenvalue weighted by atomic mass is 9.51. The van der Waals surface area contributed by atoms with Crippen molar-refractivity contribution in [2.24, 2.45) is 29.1 Å². The van der Waals surface area contributed by atoms with E-state index in [0.29, 0.717) is 29.2 Å². The molecule has 0 bridgehead atoms. The Morgan fingerprint density at radius 2 is 1.82 bits per heavy atom. The van der Waals surface area contributed by atoms with Crippen LogP contribution in [0.3, 0.4) is 0 Å². The first-order valence-electron chi connectivity index (χ1n) is 8.99. The number of Topliss-reactive ketones (excluding diaryl/α,β-unsaturated/α-hetero) is 1. The second-order valence-corrected chi connectivity index (χ2v) is 9.03. The van der Waals surface area contributed by atoms with Crippen molar-refractivity contribution in [3.63, 3.8) is 0 Å². The highest BCUT2D eigenvalue weighted by molar-refractivity contribution is 6.43. The molecule has 0 amide bonds. The minimum absolute atomic E-state index is 0.0870. The Hall–Kier alpha value is -0.340. The predicted molar refractivity (Wildman–Crippen MR) is 87.5 cm³/mol. The lowest BCUT2D eigenvalue weighted by Crippen LogP contribution is -2.51. The van der Waals surface area contributed by atoms with E-state index in [1.807, 2.05) is 0 Å². The van der Waals surface area contributed by atoms with Crippen LogP contribution in [0, 0.1) is 29.1 Å². The van der Waals surface area contributed by atoms with Crippen LogP contribution in [0.5, 0.6) is 0 Å². The molecular formula is C19H27ClO2. The summed E-state index contributed by atoms with van der Waals surface area (Å²) in [6, 6.07) is 0. The largest absolute Gasteiger partial charge is 0.390 e. The second kappa shape index (κ2) is 4.83. The van der Waals surface area contributed by atoms with Crippen molar-refractivity contribution in [2.45, 2.75) is 70.8 Å². The van der Waals surface area contributed by atoms with E-state index < -0.39 is 5.60 Å². The van der Waals surface area contributed by atoms with E-state index >= 15 is 0 Å². The van der Waals surface area contributed by atoms with Gasteiger partial charge in [0.2, 0.25) is 0 Å². The molecule has 0 saturated heterocycles. The van der Waals surface area contributed by atoms with Crippen LogP contribution in [-0.4, -0.2) is 16.5 Å². The third-order valence-electron chi connectivity index (χ3n) is 7.98. The van der Waals surface area contributed by atoms with Crippen molar-refractivity contribution in [2.75, 3.05) is 0 Å². The van der Waals surface area contributed by atoms with E-state index in [9.17, 15) is 9.90 Å². The van der Waals surface area contributed by atoms with Gasteiger partial charge in [0.05, 0.1) is 10.6 Å². The van der Waals surface area contributed by atoms with Gasteiger partial charge in [-0.3, -0.25) is 4.79 Å². The molecular weight excluding hydrogens is 296 g/mol. The fraction of sp³-hybridized carbons (Fsp3) is 0.842. The third-order valence-corrected chi connectivity index (χ3v) is 8.43. The van der Waals surface area contributed by atoms with Gasteiger partial charge in [-0.25, -0.2) is 0 Å². The summed E-state index contributed by atoms with van der Waals surface area (Å²) < 4.78 is 0. The molecule has 0 aromatic carbocycles. The Morgan fingerprint density at radius 1 is 1.05 bits per heavy atom. The first-order valence-corrected chi connectivity index (χ1v) is 9.37. The molecule has 3 saturated carbocycles. The summed E-state index contributed by atoms with van der Waals surface area (Å²) in [4.78, 5) is 11.9. The van der Waals surface area contributed by atoms with Crippen molar-refractivity contribution in [1.82, 2.24) is 0 Å². The van der Waals surface area contributed by atoms with Crippen LogP contribution in [0.1, 0.15) is 65.2 Å². The maximum Gasteiger partial charge on any atom is 0.174 e. The van der Waals surface area contributed by atoms with E-state index in [1.54, 1.807) is 0 Å². The maximum absolute atomic E-state index is 11.9. The number of hydrogen-bond donors (Lipinski definition) is 1. The number of halogens is 1. The zero-order valence-electron chi connectivity index (χ0n) is 13.7. The molecule has 6 atom stereocenters. The Kier molecular flexibility index (Phi) is 3.34. The van der Waals surface area contributed by atoms with Crippen LogP contribution in [0.15, 0.2) is 10.6 Å². The van der Waals surface area contributed by atoms with Gasteiger partial charge in [-0.1, -0.05) is 18.5 Å². The summed E-state index contributed by atoms with van der Waals surface area (Å²) in [5, 5.41) is 11.4. The van der Waals surface area contributed by atoms with Gasteiger partial charge in [-0.05, 0) is 86.5 Å². The molecule has 0 spiro atoms. The quantitative estimate of drug-likeness (QED) is 0.715. The molecule has 0 radical (unpaired) electrons. The van der Waals surface area contributed by atoms with Gasteiger partial charge in [0.15, 0.2) is 5.78 Å². The number of hydrogen-bond acceptors (Lipinski definition) is 2. The summed E-state index contributed by atoms with van der Waals surface area (Å²) in [6.07, 6.45) is 8.25. The Labute approximate surface area is 138 Å². The van der Waals surface area contributed by atoms with Crippen LogP contribution in [0.2, 0.25) is 0 Å². The van der Waals surface area contributed by atoms with Crippen molar-refractivity contribution in [3.8, 4) is 0 Å². The molecule has 4 rings (SSSR count). The molecule has 3 fully saturated rings. The number of carbonyl (C=O) groups excluding carboxylic acids is 1. The predicted octanol–water partition coefficient (Wildman–Crippen LogP) is 4.45. The Balaban J connectivity index is 1.67. The molecule has 122 valence electrons. The smallest absolute Gasteiger partial charge is 0.174 e. The molecule has 1 N–H and O–H groups in total. The summed E-state index contributed by atoms with van der Waals surface area (Å²) in [5.74, 6) is 2.77. The van der Waals surface area contributed by atoms with Crippen LogP contribution < -0.4 is 0 Å². The first kappa shape index (κ1) is 15.2. The number of aliphatic hydroxyl groups is 1. The van der Waals surface area contributed by atoms with Crippen LogP contribution >= 0.6 is 11.6 Å². The van der Waals surface area contributed by atoms with Crippen LogP contribution in [0.4, 0.5) is 0 Å². The molecule has 0 heterocycles. The van der Waals surface area contributed by atoms with Gasteiger partial charge in [0.1, 0.15) is 0 Å². The minimum atomic E-state index is -0.501. The fourth-order valence-electron chi connectivity index (χ4n) is 6.48. The lowest BCUT2D eigenvalue weighted by molar-refractivity contribution is -0.118. The summed E-state index contributed by atoms with van der Waals surface area (Å²) >= 11 is 6.35. The van der Waals surface area contributed by atoms with Crippen molar-refractivity contribution in [1.29, 1.82) is 0 Å². The second-order valence-electron chi connectivity index (χ2n) is 8.65. The summed E-state index contributed by atoms with van der Waals surface area (Å²) in [5.41, 5.74) is 0.857. The zero-order chi connectivity index (χ0) is 15.7. The molecule has 22 heavy (non-hydrogen) atoms. The van der Waals surface area contributed by atoms with Gasteiger partial charge in [-0.2, -0.15) is 0 Å². The van der Waals surface area contributed by atoms with Gasteiger partial charge >= 0.3 is 0 Å². The van der Waals surface area contributed by atoms with Crippen molar-refractivity contribution >= 4 is 17.4 Å². The molecule has 4 aliphatic rings. The fourth-order valence-corrected chi connectivity index (χ4v) is 6.81. The lowest BCUT2D eigenvalue weighted by Gasteiger charge is -2.55. The monoisotopic (exact) mass is 322 g/mol. The van der Waals surface area contributed by atoms with E-state index in [-0.39, 0.29) is 11.2 Å². The number of rotatable bonds is 0. The van der Waals surface area contributed by atoms with Gasteiger partial charge in [0.25, 0.3) is 0 Å². The summed E-state index contributed by atoms with van der Waals surface area (Å²) in [7, 11) is 0. The average Bonchev–Trinajstić information content (AvgIpc) is 2.73. The third kappa shape index (κ3) is 1.86. The topological polar surface area (TPSA) is 37.3 Å². The highest BCUT2D eigenvalue weighted by Crippen LogP contribution is 2.65. The average molecular weight is 323 g/mol. The minimum Gasteiger partial charge on any atom is -0.390 e. The van der Waals surface area contributed by atoms with E-state index in [1.165, 1.54) is 18.4 Å². The normalized spacial score (nSPS) is 51.4. The Bertz CT molecular complexity index is 550. The Morgan fingerprint density at radius 3 is 2.59 bits per heavy atom. The highest BCUT2D eigenvalue weighted by atomic mass is 35.5. The SMILES string of the molecule is C[C@]1(O)CC[C@H]2[C@@H]3CCC4=C(Cl)C(=O)CC[C@@H]4[C@H]3CC[C@@]21C. The molecule has 2 nitrogen and oxygen atoms in total. The van der Waals surface area contributed by atoms with E-state index in [2.05, 4.69) is 13.8 Å². The summed E-state index contributed by atoms with van der Waals surface area (Å²) in [6.45, 7) is 4.38. The molecule has 0 unspecified atom stereocenters. The van der Waals surface area contributed by atoms with Gasteiger partial charge < -0.3 is 5.11 Å². The van der Waals surface area contributed by atoms with Gasteiger partial charge in [-0.15, -0.1) is 0 Å².